The van der Waals surface area contributed by atoms with Crippen LogP contribution in [-0.2, 0) is 28.9 Å². The molecule has 0 fully saturated rings. The topological polar surface area (TPSA) is 62.0 Å². The molecule has 0 saturated carbocycles. The minimum Gasteiger partial charge on any atom is -0.355 e. The van der Waals surface area contributed by atoms with Crippen LogP contribution in [0.15, 0.2) is 54.6 Å². The molecule has 4 heteroatoms. The van der Waals surface area contributed by atoms with Gasteiger partial charge in [0.15, 0.2) is 0 Å². The summed E-state index contributed by atoms with van der Waals surface area (Å²) in [6, 6.07) is 15.6. The van der Waals surface area contributed by atoms with Crippen LogP contribution >= 0.6 is 0 Å². The highest BCUT2D eigenvalue weighted by molar-refractivity contribution is 5.92. The molecular formula is C22H20N2O2. The van der Waals surface area contributed by atoms with Crippen molar-refractivity contribution in [3.05, 3.63) is 77.0 Å². The number of fused-ring (bicyclic) bond motifs is 5. The third-order valence-electron chi connectivity index (χ3n) is 4.78. The molecule has 130 valence electrons. The lowest BCUT2D eigenvalue weighted by atomic mass is 10.0. The van der Waals surface area contributed by atoms with Gasteiger partial charge in [-0.2, -0.15) is 0 Å². The van der Waals surface area contributed by atoms with Crippen LogP contribution in [0.2, 0.25) is 0 Å². The Balaban J connectivity index is 1.79. The fourth-order valence-corrected chi connectivity index (χ4v) is 3.56. The summed E-state index contributed by atoms with van der Waals surface area (Å²) >= 11 is 0. The molecular weight excluding hydrogens is 324 g/mol. The second-order valence-corrected chi connectivity index (χ2v) is 6.68. The molecule has 1 aliphatic heterocycles. The Morgan fingerprint density at radius 1 is 1.04 bits per heavy atom. The Labute approximate surface area is 151 Å². The molecule has 1 amide bonds. The summed E-state index contributed by atoms with van der Waals surface area (Å²) in [5.41, 5.74) is 5.16. The summed E-state index contributed by atoms with van der Waals surface area (Å²) < 4.78 is 0. The molecule has 1 atom stereocenters. The zero-order chi connectivity index (χ0) is 17.9. The van der Waals surface area contributed by atoms with Gasteiger partial charge in [0.2, 0.25) is 5.91 Å². The van der Waals surface area contributed by atoms with Gasteiger partial charge in [-0.1, -0.05) is 48.5 Å². The van der Waals surface area contributed by atoms with Crippen molar-refractivity contribution in [3.8, 4) is 0 Å². The molecule has 2 N–H and O–H groups in total. The number of carbonyl (C=O) groups excluding carboxylic acids is 2. The maximum atomic E-state index is 12.6. The summed E-state index contributed by atoms with van der Waals surface area (Å²) in [5.74, 6) is -0.142. The highest BCUT2D eigenvalue weighted by Crippen LogP contribution is 2.24. The van der Waals surface area contributed by atoms with Crippen LogP contribution in [-0.4, -0.2) is 23.2 Å². The van der Waals surface area contributed by atoms with E-state index < -0.39 is 6.04 Å². The quantitative estimate of drug-likeness (QED) is 0.666. The lowest BCUT2D eigenvalue weighted by molar-refractivity contribution is -0.123. The molecule has 4 rings (SSSR count). The van der Waals surface area contributed by atoms with E-state index in [0.717, 1.165) is 40.4 Å². The van der Waals surface area contributed by atoms with Crippen LogP contribution in [0.25, 0.3) is 17.0 Å². The van der Waals surface area contributed by atoms with Crippen LogP contribution in [0.3, 0.4) is 0 Å². The fourth-order valence-electron chi connectivity index (χ4n) is 3.56. The molecule has 0 spiro atoms. The van der Waals surface area contributed by atoms with E-state index in [2.05, 4.69) is 28.5 Å². The van der Waals surface area contributed by atoms with E-state index in [0.29, 0.717) is 6.42 Å². The van der Waals surface area contributed by atoms with E-state index in [-0.39, 0.29) is 12.3 Å². The molecule has 2 heterocycles. The molecule has 3 aromatic rings. The van der Waals surface area contributed by atoms with Crippen molar-refractivity contribution in [1.82, 2.24) is 10.3 Å². The van der Waals surface area contributed by atoms with Crippen molar-refractivity contribution in [2.24, 2.45) is 0 Å². The van der Waals surface area contributed by atoms with Crippen molar-refractivity contribution < 1.29 is 9.59 Å². The number of aldehydes is 1. The lowest BCUT2D eigenvalue weighted by Gasteiger charge is -2.13. The highest BCUT2D eigenvalue weighted by atomic mass is 16.2. The Hall–Kier alpha value is -3.14. The maximum Gasteiger partial charge on any atom is 0.225 e. The Bertz CT molecular complexity index is 1000. The Morgan fingerprint density at radius 3 is 2.77 bits per heavy atom. The van der Waals surface area contributed by atoms with E-state index in [1.807, 2.05) is 42.5 Å². The molecule has 26 heavy (non-hydrogen) atoms. The number of carbonyl (C=O) groups is 2. The van der Waals surface area contributed by atoms with Gasteiger partial charge in [0.05, 0.1) is 12.5 Å². The van der Waals surface area contributed by atoms with Crippen molar-refractivity contribution in [1.29, 1.82) is 0 Å². The normalized spacial score (nSPS) is 18.8. The van der Waals surface area contributed by atoms with Gasteiger partial charge in [0.25, 0.3) is 0 Å². The Morgan fingerprint density at radius 2 is 1.88 bits per heavy atom. The number of hydrogen-bond donors (Lipinski definition) is 2. The number of para-hydroxylation sites is 1. The monoisotopic (exact) mass is 344 g/mol. The number of nitrogens with one attached hydrogen (secondary N) is 2. The SMILES string of the molecule is O=C[C@@H]1Cc2cccc(c2)C/C=C/c2[nH]c3ccccc3c2CC(=O)N1. The van der Waals surface area contributed by atoms with E-state index >= 15 is 0 Å². The molecule has 4 nitrogen and oxygen atoms in total. The largest absolute Gasteiger partial charge is 0.355 e. The van der Waals surface area contributed by atoms with Gasteiger partial charge < -0.3 is 15.1 Å². The summed E-state index contributed by atoms with van der Waals surface area (Å²) in [6.07, 6.45) is 6.53. The second-order valence-electron chi connectivity index (χ2n) is 6.68. The Kier molecular flexibility index (Phi) is 4.40. The zero-order valence-corrected chi connectivity index (χ0v) is 14.4. The van der Waals surface area contributed by atoms with Crippen LogP contribution in [0, 0.1) is 0 Å². The number of benzene rings is 2. The molecule has 0 aliphatic carbocycles. The number of rotatable bonds is 1. The summed E-state index contributed by atoms with van der Waals surface area (Å²) in [6.45, 7) is 0. The van der Waals surface area contributed by atoms with Crippen molar-refractivity contribution >= 4 is 29.2 Å². The molecule has 0 radical (unpaired) electrons. The number of amides is 1. The summed E-state index contributed by atoms with van der Waals surface area (Å²) in [4.78, 5) is 27.4. The number of aromatic amines is 1. The minimum absolute atomic E-state index is 0.142. The van der Waals surface area contributed by atoms with Gasteiger partial charge in [-0.3, -0.25) is 4.79 Å². The number of hydrogen-bond acceptors (Lipinski definition) is 2. The van der Waals surface area contributed by atoms with Crippen molar-refractivity contribution in [2.75, 3.05) is 0 Å². The van der Waals surface area contributed by atoms with E-state index in [1.165, 1.54) is 5.56 Å². The van der Waals surface area contributed by atoms with E-state index in [1.54, 1.807) is 0 Å². The second kappa shape index (κ2) is 7.00. The van der Waals surface area contributed by atoms with Crippen molar-refractivity contribution in [3.63, 3.8) is 0 Å². The van der Waals surface area contributed by atoms with Crippen molar-refractivity contribution in [2.45, 2.75) is 25.3 Å². The molecule has 0 saturated heterocycles. The molecule has 2 bridgehead atoms. The third kappa shape index (κ3) is 3.31. The first kappa shape index (κ1) is 16.3. The molecule has 2 aromatic carbocycles. The minimum atomic E-state index is -0.514. The fraction of sp³-hybridized carbons (Fsp3) is 0.182. The first-order valence-electron chi connectivity index (χ1n) is 8.81. The summed E-state index contributed by atoms with van der Waals surface area (Å²) in [5, 5.41) is 3.91. The van der Waals surface area contributed by atoms with Gasteiger partial charge in [-0.25, -0.2) is 0 Å². The predicted molar refractivity (Wildman–Crippen MR) is 103 cm³/mol. The number of allylic oxidation sites excluding steroid dienone is 1. The summed E-state index contributed by atoms with van der Waals surface area (Å²) in [7, 11) is 0. The number of aromatic nitrogens is 1. The maximum absolute atomic E-state index is 12.6. The van der Waals surface area contributed by atoms with E-state index in [4.69, 9.17) is 0 Å². The smallest absolute Gasteiger partial charge is 0.225 e. The highest BCUT2D eigenvalue weighted by Gasteiger charge is 2.17. The third-order valence-corrected chi connectivity index (χ3v) is 4.78. The molecule has 1 aliphatic rings. The van der Waals surface area contributed by atoms with Crippen LogP contribution in [0.1, 0.15) is 22.4 Å². The van der Waals surface area contributed by atoms with Gasteiger partial charge in [-0.15, -0.1) is 0 Å². The predicted octanol–water partition coefficient (Wildman–Crippen LogP) is 3.21. The van der Waals surface area contributed by atoms with Crippen LogP contribution < -0.4 is 5.32 Å². The average Bonchev–Trinajstić information content (AvgIpc) is 2.98. The van der Waals surface area contributed by atoms with E-state index in [9.17, 15) is 9.59 Å². The van der Waals surface area contributed by atoms with Gasteiger partial charge in [0.1, 0.15) is 6.29 Å². The lowest BCUT2D eigenvalue weighted by Crippen LogP contribution is -2.38. The first-order chi connectivity index (χ1) is 12.7. The standard InChI is InChI=1S/C22H20N2O2/c25-14-17-12-16-7-3-5-15(11-16)6-4-10-21-19(13-22(26)23-17)18-8-1-2-9-20(18)24-21/h1-5,7-11,14,17,24H,6,12-13H2,(H,23,26)/b10-4+/t17-/m0/s1. The first-order valence-corrected chi connectivity index (χ1v) is 8.81. The molecule has 1 aromatic heterocycles. The van der Waals surface area contributed by atoms with Gasteiger partial charge in [-0.05, 0) is 41.7 Å². The zero-order valence-electron chi connectivity index (χ0n) is 14.4. The van der Waals surface area contributed by atoms with Gasteiger partial charge in [0, 0.05) is 16.6 Å². The molecule has 0 unspecified atom stereocenters. The van der Waals surface area contributed by atoms with Gasteiger partial charge >= 0.3 is 0 Å². The number of H-pyrrole nitrogens is 1. The average molecular weight is 344 g/mol. The van der Waals surface area contributed by atoms with Crippen LogP contribution in [0.5, 0.6) is 0 Å². The van der Waals surface area contributed by atoms with Crippen LogP contribution in [0.4, 0.5) is 0 Å².